The Bertz CT molecular complexity index is 302. The first kappa shape index (κ1) is 15.7. The fraction of sp³-hybridized carbons (Fsp3) is 0.538. The monoisotopic (exact) mass is 289 g/mol. The van der Waals surface area contributed by atoms with E-state index in [0.29, 0.717) is 11.8 Å². The number of benzene rings is 1. The van der Waals surface area contributed by atoms with E-state index in [1.54, 1.807) is 0 Å². The van der Waals surface area contributed by atoms with E-state index in [0.717, 1.165) is 19.6 Å². The van der Waals surface area contributed by atoms with Crippen LogP contribution in [0.25, 0.3) is 0 Å². The fourth-order valence-electron chi connectivity index (χ4n) is 1.70. The van der Waals surface area contributed by atoms with Crippen molar-refractivity contribution in [2.24, 2.45) is 0 Å². The average Bonchev–Trinajstić information content (AvgIpc) is 2.39. The van der Waals surface area contributed by atoms with E-state index in [9.17, 15) is 0 Å². The molecule has 18 heavy (non-hydrogen) atoms. The van der Waals surface area contributed by atoms with Gasteiger partial charge in [-0.15, -0.1) is 23.2 Å². The zero-order chi connectivity index (χ0) is 13.2. The van der Waals surface area contributed by atoms with Gasteiger partial charge >= 0.3 is 0 Å². The molecule has 3 nitrogen and oxygen atoms in total. The third-order valence-electron chi connectivity index (χ3n) is 2.74. The van der Waals surface area contributed by atoms with Crippen molar-refractivity contribution in [3.63, 3.8) is 0 Å². The van der Waals surface area contributed by atoms with Crippen LogP contribution in [0, 0.1) is 0 Å². The van der Waals surface area contributed by atoms with Gasteiger partial charge in [-0.3, -0.25) is 10.3 Å². The first-order chi connectivity index (χ1) is 8.77. The van der Waals surface area contributed by atoms with Crippen LogP contribution < -0.4 is 10.9 Å². The Labute approximate surface area is 119 Å². The van der Waals surface area contributed by atoms with Gasteiger partial charge in [0, 0.05) is 31.4 Å². The number of hydrogen-bond donors (Lipinski definition) is 2. The highest BCUT2D eigenvalue weighted by molar-refractivity contribution is 6.18. The number of hydrazine groups is 1. The molecular formula is C13H21Cl2N3. The van der Waals surface area contributed by atoms with Crippen molar-refractivity contribution >= 4 is 23.2 Å². The first-order valence-corrected chi connectivity index (χ1v) is 7.23. The topological polar surface area (TPSA) is 27.3 Å². The zero-order valence-electron chi connectivity index (χ0n) is 10.7. The molecule has 1 aromatic rings. The molecular weight excluding hydrogens is 269 g/mol. The number of nitrogens with one attached hydrogen (secondary N) is 2. The van der Waals surface area contributed by atoms with Crippen LogP contribution in [-0.2, 0) is 6.54 Å². The molecule has 1 rings (SSSR count). The van der Waals surface area contributed by atoms with Crippen molar-refractivity contribution in [3.05, 3.63) is 35.9 Å². The van der Waals surface area contributed by atoms with Crippen LogP contribution in [0.15, 0.2) is 30.3 Å². The minimum absolute atomic E-state index is 0.200. The van der Waals surface area contributed by atoms with Crippen LogP contribution in [-0.4, -0.2) is 35.9 Å². The Hall–Kier alpha value is -0.320. The quantitative estimate of drug-likeness (QED) is 0.415. The maximum Gasteiger partial charge on any atom is 0.0701 e. The van der Waals surface area contributed by atoms with Crippen molar-refractivity contribution in [2.45, 2.75) is 19.6 Å². The summed E-state index contributed by atoms with van der Waals surface area (Å²) in [7, 11) is 0. The van der Waals surface area contributed by atoms with Crippen LogP contribution >= 0.6 is 23.2 Å². The lowest BCUT2D eigenvalue weighted by Crippen LogP contribution is -2.50. The molecule has 0 saturated heterocycles. The van der Waals surface area contributed by atoms with E-state index in [4.69, 9.17) is 23.2 Å². The van der Waals surface area contributed by atoms with Gasteiger partial charge in [0.15, 0.2) is 0 Å². The highest BCUT2D eigenvalue weighted by Gasteiger charge is 2.11. The molecule has 0 aliphatic heterocycles. The van der Waals surface area contributed by atoms with Crippen LogP contribution in [0.4, 0.5) is 0 Å². The van der Waals surface area contributed by atoms with Crippen molar-refractivity contribution in [1.29, 1.82) is 0 Å². The lowest BCUT2D eigenvalue weighted by atomic mass is 10.2. The predicted octanol–water partition coefficient (Wildman–Crippen LogP) is 2.41. The van der Waals surface area contributed by atoms with Crippen LogP contribution in [0.3, 0.4) is 0 Å². The normalized spacial score (nSPS) is 12.9. The second-order valence-electron chi connectivity index (χ2n) is 4.07. The summed E-state index contributed by atoms with van der Waals surface area (Å²) >= 11 is 11.5. The average molecular weight is 290 g/mol. The third-order valence-corrected chi connectivity index (χ3v) is 3.08. The van der Waals surface area contributed by atoms with Crippen LogP contribution in [0.5, 0.6) is 0 Å². The van der Waals surface area contributed by atoms with Crippen LogP contribution in [0.2, 0.25) is 0 Å². The van der Waals surface area contributed by atoms with E-state index in [1.807, 2.05) is 18.2 Å². The van der Waals surface area contributed by atoms with E-state index in [-0.39, 0.29) is 6.17 Å². The Balaban J connectivity index is 2.28. The smallest absolute Gasteiger partial charge is 0.0701 e. The summed E-state index contributed by atoms with van der Waals surface area (Å²) in [6.45, 7) is 4.54. The maximum atomic E-state index is 5.77. The Morgan fingerprint density at radius 2 is 1.72 bits per heavy atom. The van der Waals surface area contributed by atoms with Crippen LogP contribution in [0.1, 0.15) is 12.5 Å². The molecule has 2 N–H and O–H groups in total. The van der Waals surface area contributed by atoms with E-state index < -0.39 is 0 Å². The largest absolute Gasteiger partial charge is 0.285 e. The molecule has 0 heterocycles. The first-order valence-electron chi connectivity index (χ1n) is 6.16. The molecule has 0 radical (unpaired) electrons. The highest BCUT2D eigenvalue weighted by atomic mass is 35.5. The van der Waals surface area contributed by atoms with Gasteiger partial charge in [-0.05, 0) is 12.5 Å². The van der Waals surface area contributed by atoms with E-state index in [2.05, 4.69) is 34.8 Å². The third kappa shape index (κ3) is 6.03. The maximum absolute atomic E-state index is 5.77. The van der Waals surface area contributed by atoms with E-state index in [1.165, 1.54) is 5.56 Å². The second kappa shape index (κ2) is 9.59. The molecule has 5 heteroatoms. The number of alkyl halides is 2. The van der Waals surface area contributed by atoms with Gasteiger partial charge < -0.3 is 0 Å². The summed E-state index contributed by atoms with van der Waals surface area (Å²) in [6.07, 6.45) is 0.200. The van der Waals surface area contributed by atoms with Gasteiger partial charge in [0.2, 0.25) is 0 Å². The van der Waals surface area contributed by atoms with Gasteiger partial charge in [-0.25, -0.2) is 5.43 Å². The summed E-state index contributed by atoms with van der Waals surface area (Å²) in [6, 6.07) is 10.3. The Kier molecular flexibility index (Phi) is 8.38. The number of nitrogens with zero attached hydrogens (tertiary/aromatic N) is 1. The molecule has 0 aliphatic carbocycles. The molecule has 0 saturated carbocycles. The predicted molar refractivity (Wildman–Crippen MR) is 78.9 cm³/mol. The van der Waals surface area contributed by atoms with Gasteiger partial charge in [-0.1, -0.05) is 30.3 Å². The minimum Gasteiger partial charge on any atom is -0.285 e. The molecule has 1 atom stereocenters. The van der Waals surface area contributed by atoms with Gasteiger partial charge in [0.1, 0.15) is 0 Å². The SMILES string of the molecule is CC(NNCc1ccccc1)N(CCCl)CCCl. The standard InChI is InChI=1S/C13H21Cl2N3/c1-12(18(9-7-14)10-8-15)17-16-11-13-5-3-2-4-6-13/h2-6,12,16-17H,7-11H2,1H3. The van der Waals surface area contributed by atoms with Crippen molar-refractivity contribution < 1.29 is 0 Å². The molecule has 0 aliphatic rings. The number of hydrogen-bond acceptors (Lipinski definition) is 3. The molecule has 0 spiro atoms. The number of halogens is 2. The molecule has 0 amide bonds. The summed E-state index contributed by atoms with van der Waals surface area (Å²) in [5.41, 5.74) is 7.73. The van der Waals surface area contributed by atoms with Crippen molar-refractivity contribution in [1.82, 2.24) is 15.8 Å². The molecule has 1 aromatic carbocycles. The fourth-order valence-corrected chi connectivity index (χ4v) is 2.14. The molecule has 0 fully saturated rings. The molecule has 0 aromatic heterocycles. The lowest BCUT2D eigenvalue weighted by molar-refractivity contribution is 0.180. The lowest BCUT2D eigenvalue weighted by Gasteiger charge is -2.28. The second-order valence-corrected chi connectivity index (χ2v) is 4.83. The summed E-state index contributed by atoms with van der Waals surface area (Å²) in [4.78, 5) is 2.21. The summed E-state index contributed by atoms with van der Waals surface area (Å²) in [5.74, 6) is 1.23. The van der Waals surface area contributed by atoms with Crippen molar-refractivity contribution in [2.75, 3.05) is 24.8 Å². The molecule has 102 valence electrons. The summed E-state index contributed by atoms with van der Waals surface area (Å²) < 4.78 is 0. The zero-order valence-corrected chi connectivity index (χ0v) is 12.2. The van der Waals surface area contributed by atoms with E-state index >= 15 is 0 Å². The Morgan fingerprint density at radius 1 is 1.11 bits per heavy atom. The van der Waals surface area contributed by atoms with Crippen molar-refractivity contribution in [3.8, 4) is 0 Å². The van der Waals surface area contributed by atoms with Gasteiger partial charge in [0.05, 0.1) is 6.17 Å². The minimum atomic E-state index is 0.200. The molecule has 0 bridgehead atoms. The number of rotatable bonds is 9. The Morgan fingerprint density at radius 3 is 2.28 bits per heavy atom. The summed E-state index contributed by atoms with van der Waals surface area (Å²) in [5, 5.41) is 0. The highest BCUT2D eigenvalue weighted by Crippen LogP contribution is 1.99. The van der Waals surface area contributed by atoms with Gasteiger partial charge in [0.25, 0.3) is 0 Å². The van der Waals surface area contributed by atoms with Gasteiger partial charge in [-0.2, -0.15) is 0 Å². The molecule has 1 unspecified atom stereocenters.